The first-order valence-electron chi connectivity index (χ1n) is 14.4. The Labute approximate surface area is 247 Å². The molecular formula is C31H34F2N6O4. The minimum absolute atomic E-state index is 0.200. The van der Waals surface area contributed by atoms with Crippen molar-refractivity contribution in [3.8, 4) is 11.4 Å². The summed E-state index contributed by atoms with van der Waals surface area (Å²) >= 11 is 0. The summed E-state index contributed by atoms with van der Waals surface area (Å²) in [6.45, 7) is 8.69. The van der Waals surface area contributed by atoms with Crippen molar-refractivity contribution in [1.82, 2.24) is 24.4 Å². The van der Waals surface area contributed by atoms with E-state index in [-0.39, 0.29) is 42.5 Å². The highest BCUT2D eigenvalue weighted by atomic mass is 19.3. The third-order valence-corrected chi connectivity index (χ3v) is 8.01. The number of rotatable bonds is 5. The zero-order valence-corrected chi connectivity index (χ0v) is 24.6. The molecule has 0 radical (unpaired) electrons. The molecule has 6 rings (SSSR count). The van der Waals surface area contributed by atoms with Crippen LogP contribution in [-0.2, 0) is 4.74 Å². The third-order valence-electron chi connectivity index (χ3n) is 8.01. The van der Waals surface area contributed by atoms with E-state index in [1.165, 1.54) is 0 Å². The number of pyridine rings is 1. The number of ether oxygens (including phenoxy) is 1. The van der Waals surface area contributed by atoms with Crippen LogP contribution in [0.3, 0.4) is 0 Å². The summed E-state index contributed by atoms with van der Waals surface area (Å²) in [5.41, 5.74) is 3.61. The molecule has 2 aliphatic rings. The zero-order chi connectivity index (χ0) is 30.5. The van der Waals surface area contributed by atoms with Crippen LogP contribution in [0.1, 0.15) is 85.8 Å². The Bertz CT molecular complexity index is 1670. The Hall–Kier alpha value is -4.35. The molecule has 2 fully saturated rings. The minimum atomic E-state index is -2.68. The van der Waals surface area contributed by atoms with Gasteiger partial charge in [0.2, 0.25) is 17.6 Å². The van der Waals surface area contributed by atoms with Gasteiger partial charge in [0.1, 0.15) is 16.9 Å². The van der Waals surface area contributed by atoms with Gasteiger partial charge in [0.15, 0.2) is 0 Å². The molecule has 43 heavy (non-hydrogen) atoms. The lowest BCUT2D eigenvalue weighted by molar-refractivity contribution is -0.0925. The first kappa shape index (κ1) is 28.8. The van der Waals surface area contributed by atoms with Gasteiger partial charge in [-0.15, -0.1) is 0 Å². The summed E-state index contributed by atoms with van der Waals surface area (Å²) in [5, 5.41) is 6.92. The van der Waals surface area contributed by atoms with Crippen molar-refractivity contribution < 1.29 is 27.6 Å². The molecule has 1 aromatic carbocycles. The molecule has 0 spiro atoms. The SMILES string of the molecule is Cc1ccc(-c2noc(C3CC(F)(F)C3)n2)cc1NC(=O)c1cnc2cc(C3CCN(C(=O)OC(C)(C)C)CC3)ccn12. The van der Waals surface area contributed by atoms with Crippen LogP contribution in [0.4, 0.5) is 19.3 Å². The van der Waals surface area contributed by atoms with Crippen molar-refractivity contribution in [2.75, 3.05) is 18.4 Å². The summed E-state index contributed by atoms with van der Waals surface area (Å²) in [7, 11) is 0. The fourth-order valence-electron chi connectivity index (χ4n) is 5.58. The predicted octanol–water partition coefficient (Wildman–Crippen LogP) is 6.57. The molecule has 1 saturated heterocycles. The number of hydrogen-bond donors (Lipinski definition) is 1. The lowest BCUT2D eigenvalue weighted by atomic mass is 9.81. The summed E-state index contributed by atoms with van der Waals surface area (Å²) in [4.78, 5) is 36.3. The molecule has 3 aromatic heterocycles. The van der Waals surface area contributed by atoms with E-state index in [2.05, 4.69) is 20.4 Å². The van der Waals surface area contributed by atoms with Crippen LogP contribution in [0.2, 0.25) is 0 Å². The average Bonchev–Trinajstić information content (AvgIpc) is 3.59. The van der Waals surface area contributed by atoms with Gasteiger partial charge in [-0.1, -0.05) is 17.3 Å². The first-order chi connectivity index (χ1) is 20.3. The molecular weight excluding hydrogens is 558 g/mol. The maximum absolute atomic E-state index is 13.3. The molecule has 1 aliphatic heterocycles. The Morgan fingerprint density at radius 3 is 2.53 bits per heavy atom. The number of halogens is 2. The molecule has 1 saturated carbocycles. The Morgan fingerprint density at radius 1 is 1.09 bits per heavy atom. The number of aryl methyl sites for hydroxylation is 1. The van der Waals surface area contributed by atoms with E-state index in [0.29, 0.717) is 35.7 Å². The van der Waals surface area contributed by atoms with Gasteiger partial charge in [-0.2, -0.15) is 4.98 Å². The van der Waals surface area contributed by atoms with E-state index in [1.807, 2.05) is 52.1 Å². The number of piperidine rings is 1. The maximum Gasteiger partial charge on any atom is 0.410 e. The predicted molar refractivity (Wildman–Crippen MR) is 154 cm³/mol. The van der Waals surface area contributed by atoms with Gasteiger partial charge in [-0.05, 0) is 75.8 Å². The van der Waals surface area contributed by atoms with Crippen molar-refractivity contribution >= 4 is 23.3 Å². The van der Waals surface area contributed by atoms with Crippen molar-refractivity contribution in [2.45, 2.75) is 76.7 Å². The van der Waals surface area contributed by atoms with Gasteiger partial charge in [-0.3, -0.25) is 9.20 Å². The number of anilines is 1. The van der Waals surface area contributed by atoms with Gasteiger partial charge in [0.25, 0.3) is 5.91 Å². The van der Waals surface area contributed by atoms with Crippen molar-refractivity contribution in [3.63, 3.8) is 0 Å². The topological polar surface area (TPSA) is 115 Å². The first-order valence-corrected chi connectivity index (χ1v) is 14.4. The molecule has 4 aromatic rings. The number of likely N-dealkylation sites (tertiary alicyclic amines) is 1. The van der Waals surface area contributed by atoms with Crippen LogP contribution in [0.25, 0.3) is 17.0 Å². The van der Waals surface area contributed by atoms with Crippen LogP contribution >= 0.6 is 0 Å². The van der Waals surface area contributed by atoms with Gasteiger partial charge in [0.05, 0.1) is 6.20 Å². The van der Waals surface area contributed by atoms with E-state index >= 15 is 0 Å². The van der Waals surface area contributed by atoms with Gasteiger partial charge in [-0.25, -0.2) is 18.6 Å². The van der Waals surface area contributed by atoms with Gasteiger partial charge >= 0.3 is 6.09 Å². The molecule has 0 atom stereocenters. The number of imidazole rings is 1. The lowest BCUT2D eigenvalue weighted by Crippen LogP contribution is -2.41. The van der Waals surface area contributed by atoms with E-state index in [9.17, 15) is 18.4 Å². The minimum Gasteiger partial charge on any atom is -0.444 e. The Morgan fingerprint density at radius 2 is 1.84 bits per heavy atom. The van der Waals surface area contributed by atoms with Crippen LogP contribution in [-0.4, -0.2) is 61.0 Å². The maximum atomic E-state index is 13.3. The van der Waals surface area contributed by atoms with E-state index in [1.54, 1.807) is 27.6 Å². The standard InChI is InChI=1S/C31H34F2N6O4/c1-18-5-6-21(26-36-28(43-37-26)22-15-31(32,33)16-22)13-23(18)35-27(40)24-17-34-25-14-20(9-12-39(24)25)19-7-10-38(11-8-19)29(41)42-30(2,3)4/h5-6,9,12-14,17,19,22H,7-8,10-11,15-16H2,1-4H3,(H,35,40). The number of nitrogens with zero attached hydrogens (tertiary/aromatic N) is 5. The second-order valence-corrected chi connectivity index (χ2v) is 12.5. The normalized spacial score (nSPS) is 17.6. The monoisotopic (exact) mass is 592 g/mol. The lowest BCUT2D eigenvalue weighted by Gasteiger charge is -2.33. The number of amides is 2. The number of aromatic nitrogens is 4. The molecule has 0 unspecified atom stereocenters. The molecule has 0 bridgehead atoms. The molecule has 10 nitrogen and oxygen atoms in total. The number of carbonyl (C=O) groups excluding carboxylic acids is 2. The van der Waals surface area contributed by atoms with E-state index < -0.39 is 17.4 Å². The average molecular weight is 593 g/mol. The molecule has 2 amide bonds. The largest absolute Gasteiger partial charge is 0.444 e. The van der Waals surface area contributed by atoms with Gasteiger partial charge in [0, 0.05) is 49.3 Å². The summed E-state index contributed by atoms with van der Waals surface area (Å²) in [6.07, 6.45) is 4.15. The highest BCUT2D eigenvalue weighted by molar-refractivity contribution is 6.04. The summed E-state index contributed by atoms with van der Waals surface area (Å²) in [5.74, 6) is -2.71. The third kappa shape index (κ3) is 6.09. The Kier molecular flexibility index (Phi) is 7.18. The molecule has 1 aliphatic carbocycles. The summed E-state index contributed by atoms with van der Waals surface area (Å²) < 4.78 is 39.0. The molecule has 12 heteroatoms. The number of alkyl halides is 2. The molecule has 1 N–H and O–H groups in total. The molecule has 4 heterocycles. The van der Waals surface area contributed by atoms with Gasteiger partial charge < -0.3 is 19.5 Å². The second-order valence-electron chi connectivity index (χ2n) is 12.5. The van der Waals surface area contributed by atoms with E-state index in [0.717, 1.165) is 24.0 Å². The number of carbonyl (C=O) groups is 2. The fraction of sp³-hybridized carbons (Fsp3) is 0.452. The number of benzene rings is 1. The van der Waals surface area contributed by atoms with Crippen molar-refractivity contribution in [3.05, 3.63) is 65.4 Å². The second kappa shape index (κ2) is 10.7. The van der Waals surface area contributed by atoms with Crippen LogP contribution in [0.15, 0.2) is 47.2 Å². The highest BCUT2D eigenvalue weighted by Gasteiger charge is 2.48. The van der Waals surface area contributed by atoms with Crippen molar-refractivity contribution in [2.24, 2.45) is 0 Å². The number of hydrogen-bond acceptors (Lipinski definition) is 7. The van der Waals surface area contributed by atoms with Crippen LogP contribution in [0, 0.1) is 6.92 Å². The Balaban J connectivity index is 1.12. The van der Waals surface area contributed by atoms with E-state index in [4.69, 9.17) is 9.26 Å². The van der Waals surface area contributed by atoms with Crippen LogP contribution < -0.4 is 5.32 Å². The smallest absolute Gasteiger partial charge is 0.410 e. The van der Waals surface area contributed by atoms with Crippen molar-refractivity contribution in [1.29, 1.82) is 0 Å². The highest BCUT2D eigenvalue weighted by Crippen LogP contribution is 2.48. The summed E-state index contributed by atoms with van der Waals surface area (Å²) in [6, 6.07) is 9.34. The number of fused-ring (bicyclic) bond motifs is 1. The van der Waals surface area contributed by atoms with Crippen LogP contribution in [0.5, 0.6) is 0 Å². The quantitative estimate of drug-likeness (QED) is 0.279. The fourth-order valence-corrected chi connectivity index (χ4v) is 5.58. The number of nitrogens with one attached hydrogen (secondary N) is 1. The molecule has 226 valence electrons. The zero-order valence-electron chi connectivity index (χ0n) is 24.6.